The monoisotopic (exact) mass is 363 g/mol. The summed E-state index contributed by atoms with van der Waals surface area (Å²) in [7, 11) is 1.71. The van der Waals surface area contributed by atoms with Crippen LogP contribution in [0.5, 0.6) is 0 Å². The molecular weight excluding hydrogens is 349 g/mol. The Morgan fingerprint density at radius 1 is 1.29 bits per heavy atom. The molecule has 3 rings (SSSR count). The second kappa shape index (κ2) is 7.11. The molecule has 2 heterocycles. The molecular formula is C17H15Cl2N3O2. The van der Waals surface area contributed by atoms with Gasteiger partial charge in [0, 0.05) is 26.0 Å². The molecule has 7 heteroatoms. The third-order valence-electron chi connectivity index (χ3n) is 3.60. The molecule has 0 aliphatic rings. The number of hydrogen-bond acceptors (Lipinski definition) is 3. The first-order chi connectivity index (χ1) is 11.5. The number of rotatable bonds is 5. The van der Waals surface area contributed by atoms with E-state index in [9.17, 15) is 4.79 Å². The highest BCUT2D eigenvalue weighted by atomic mass is 35.5. The molecule has 0 saturated heterocycles. The van der Waals surface area contributed by atoms with Crippen LogP contribution < -0.4 is 0 Å². The molecule has 124 valence electrons. The van der Waals surface area contributed by atoms with E-state index in [0.717, 1.165) is 11.4 Å². The number of nitrogens with zero attached hydrogens (tertiary/aromatic N) is 3. The molecule has 0 N–H and O–H groups in total. The average Bonchev–Trinajstić information content (AvgIpc) is 3.23. The van der Waals surface area contributed by atoms with Gasteiger partial charge in [0.05, 0.1) is 22.9 Å². The predicted molar refractivity (Wildman–Crippen MR) is 92.3 cm³/mol. The molecule has 0 fully saturated rings. The highest BCUT2D eigenvalue weighted by molar-refractivity contribution is 6.42. The number of hydrogen-bond donors (Lipinski definition) is 0. The minimum atomic E-state index is -0.191. The first-order valence-corrected chi connectivity index (χ1v) is 8.03. The van der Waals surface area contributed by atoms with E-state index >= 15 is 0 Å². The molecule has 0 aliphatic heterocycles. The second-order valence-electron chi connectivity index (χ2n) is 5.36. The summed E-state index contributed by atoms with van der Waals surface area (Å²) in [5, 5.41) is 1.04. The predicted octanol–water partition coefficient (Wildman–Crippen LogP) is 4.10. The fourth-order valence-electron chi connectivity index (χ4n) is 2.34. The molecule has 0 radical (unpaired) electrons. The van der Waals surface area contributed by atoms with Crippen LogP contribution >= 0.6 is 23.2 Å². The van der Waals surface area contributed by atoms with Gasteiger partial charge >= 0.3 is 0 Å². The molecule has 3 aromatic rings. The van der Waals surface area contributed by atoms with Crippen LogP contribution in [-0.2, 0) is 13.1 Å². The number of benzene rings is 1. The van der Waals surface area contributed by atoms with E-state index in [2.05, 4.69) is 4.98 Å². The summed E-state index contributed by atoms with van der Waals surface area (Å²) in [6.07, 6.45) is 5.05. The summed E-state index contributed by atoms with van der Waals surface area (Å²) in [5.41, 5.74) is 1.00. The van der Waals surface area contributed by atoms with Crippen molar-refractivity contribution in [1.29, 1.82) is 0 Å². The Morgan fingerprint density at radius 3 is 2.83 bits per heavy atom. The van der Waals surface area contributed by atoms with E-state index in [1.807, 2.05) is 22.9 Å². The third-order valence-corrected chi connectivity index (χ3v) is 4.33. The minimum absolute atomic E-state index is 0.191. The topological polar surface area (TPSA) is 51.3 Å². The Morgan fingerprint density at radius 2 is 2.12 bits per heavy atom. The van der Waals surface area contributed by atoms with Crippen LogP contribution in [0.4, 0.5) is 0 Å². The van der Waals surface area contributed by atoms with Crippen LogP contribution in [0, 0.1) is 0 Å². The highest BCUT2D eigenvalue weighted by Gasteiger charge is 2.16. The number of furan rings is 1. The van der Waals surface area contributed by atoms with Gasteiger partial charge in [-0.05, 0) is 29.8 Å². The Hall–Kier alpha value is -2.24. The van der Waals surface area contributed by atoms with Crippen molar-refractivity contribution in [2.45, 2.75) is 13.1 Å². The molecule has 0 aliphatic carbocycles. The molecule has 0 unspecified atom stereocenters. The maximum Gasteiger partial charge on any atom is 0.289 e. The number of carbonyl (C=O) groups excluding carboxylic acids is 1. The summed E-state index contributed by atoms with van der Waals surface area (Å²) < 4.78 is 7.10. The van der Waals surface area contributed by atoms with Gasteiger partial charge in [-0.2, -0.15) is 0 Å². The molecule has 0 bridgehead atoms. The maximum absolute atomic E-state index is 12.2. The zero-order valence-corrected chi connectivity index (χ0v) is 14.5. The van der Waals surface area contributed by atoms with Crippen molar-refractivity contribution in [3.05, 3.63) is 76.2 Å². The zero-order valence-electron chi connectivity index (χ0n) is 12.9. The lowest BCUT2D eigenvalue weighted by atomic mass is 10.2. The van der Waals surface area contributed by atoms with Gasteiger partial charge in [-0.15, -0.1) is 0 Å². The van der Waals surface area contributed by atoms with Gasteiger partial charge in [0.2, 0.25) is 0 Å². The fraction of sp³-hybridized carbons (Fsp3) is 0.176. The van der Waals surface area contributed by atoms with Crippen LogP contribution in [0.25, 0.3) is 0 Å². The van der Waals surface area contributed by atoms with Crippen molar-refractivity contribution in [2.75, 3.05) is 7.05 Å². The van der Waals surface area contributed by atoms with Gasteiger partial charge in [-0.25, -0.2) is 4.98 Å². The minimum Gasteiger partial charge on any atom is -0.459 e. The third kappa shape index (κ3) is 3.63. The molecule has 0 saturated carbocycles. The van der Waals surface area contributed by atoms with Crippen LogP contribution in [0.2, 0.25) is 10.0 Å². The highest BCUT2D eigenvalue weighted by Crippen LogP contribution is 2.23. The number of carbonyl (C=O) groups is 1. The number of amides is 1. The van der Waals surface area contributed by atoms with Crippen LogP contribution in [-0.4, -0.2) is 27.4 Å². The SMILES string of the molecule is CN(Cc1nccn1Cc1ccc(Cl)c(Cl)c1)C(=O)c1ccco1. The van der Waals surface area contributed by atoms with Crippen molar-refractivity contribution >= 4 is 29.1 Å². The summed E-state index contributed by atoms with van der Waals surface area (Å²) in [4.78, 5) is 18.1. The van der Waals surface area contributed by atoms with Crippen LogP contribution in [0.1, 0.15) is 21.9 Å². The van der Waals surface area contributed by atoms with E-state index < -0.39 is 0 Å². The van der Waals surface area contributed by atoms with Gasteiger partial charge in [-0.1, -0.05) is 29.3 Å². The summed E-state index contributed by atoms with van der Waals surface area (Å²) in [6.45, 7) is 0.961. The van der Waals surface area contributed by atoms with Crippen LogP contribution in [0.3, 0.4) is 0 Å². The standard InChI is InChI=1S/C17H15Cl2N3O2/c1-21(17(23)15-3-2-8-24-15)11-16-20-6-7-22(16)10-12-4-5-13(18)14(19)9-12/h2-9H,10-11H2,1H3. The van der Waals surface area contributed by atoms with Crippen molar-refractivity contribution in [1.82, 2.24) is 14.5 Å². The van der Waals surface area contributed by atoms with Crippen molar-refractivity contribution < 1.29 is 9.21 Å². The van der Waals surface area contributed by atoms with Gasteiger partial charge in [-0.3, -0.25) is 4.79 Å². The Kier molecular flexibility index (Phi) is 4.92. The quantitative estimate of drug-likeness (QED) is 0.685. The van der Waals surface area contributed by atoms with Gasteiger partial charge in [0.1, 0.15) is 5.82 Å². The average molecular weight is 364 g/mol. The number of halogens is 2. The maximum atomic E-state index is 12.2. The fourth-order valence-corrected chi connectivity index (χ4v) is 2.66. The summed E-state index contributed by atoms with van der Waals surface area (Å²) >= 11 is 12.0. The lowest BCUT2D eigenvalue weighted by Gasteiger charge is -2.16. The zero-order chi connectivity index (χ0) is 17.1. The second-order valence-corrected chi connectivity index (χ2v) is 6.17. The Bertz CT molecular complexity index is 843. The molecule has 1 aromatic carbocycles. The lowest BCUT2D eigenvalue weighted by Crippen LogP contribution is -2.27. The molecule has 5 nitrogen and oxygen atoms in total. The van der Waals surface area contributed by atoms with E-state index in [0.29, 0.717) is 28.9 Å². The summed E-state index contributed by atoms with van der Waals surface area (Å²) in [5.74, 6) is 0.882. The van der Waals surface area contributed by atoms with Crippen molar-refractivity contribution in [3.63, 3.8) is 0 Å². The van der Waals surface area contributed by atoms with Gasteiger partial charge in [0.15, 0.2) is 5.76 Å². The molecule has 24 heavy (non-hydrogen) atoms. The Balaban J connectivity index is 1.73. The van der Waals surface area contributed by atoms with Gasteiger partial charge < -0.3 is 13.9 Å². The van der Waals surface area contributed by atoms with E-state index in [1.165, 1.54) is 6.26 Å². The van der Waals surface area contributed by atoms with E-state index in [1.54, 1.807) is 36.3 Å². The largest absolute Gasteiger partial charge is 0.459 e. The first kappa shape index (κ1) is 16.6. The van der Waals surface area contributed by atoms with Gasteiger partial charge in [0.25, 0.3) is 5.91 Å². The molecule has 1 amide bonds. The number of imidazole rings is 1. The van der Waals surface area contributed by atoms with E-state index in [-0.39, 0.29) is 5.91 Å². The normalized spacial score (nSPS) is 10.8. The Labute approximate surface area is 149 Å². The molecule has 0 spiro atoms. The van der Waals surface area contributed by atoms with E-state index in [4.69, 9.17) is 27.6 Å². The lowest BCUT2D eigenvalue weighted by molar-refractivity contribution is 0.0748. The van der Waals surface area contributed by atoms with Crippen LogP contribution in [0.15, 0.2) is 53.4 Å². The van der Waals surface area contributed by atoms with Crippen molar-refractivity contribution in [3.8, 4) is 0 Å². The summed E-state index contributed by atoms with van der Waals surface area (Å²) in [6, 6.07) is 8.83. The smallest absolute Gasteiger partial charge is 0.289 e. The molecule has 0 atom stereocenters. The van der Waals surface area contributed by atoms with Crippen molar-refractivity contribution in [2.24, 2.45) is 0 Å². The number of aromatic nitrogens is 2. The first-order valence-electron chi connectivity index (χ1n) is 7.27. The molecule has 2 aromatic heterocycles.